The molecule has 3 aliphatic rings. The van der Waals surface area contributed by atoms with Gasteiger partial charge in [0, 0.05) is 24.4 Å². The maximum absolute atomic E-state index is 13.7. The molecule has 16 heteroatoms. The quantitative estimate of drug-likeness (QED) is 0.303. The minimum atomic E-state index is -4.64. The Labute approximate surface area is 232 Å². The van der Waals surface area contributed by atoms with Crippen molar-refractivity contribution in [1.29, 1.82) is 0 Å². The zero-order valence-corrected chi connectivity index (χ0v) is 21.7. The molecule has 2 aromatic heterocycles. The van der Waals surface area contributed by atoms with Gasteiger partial charge in [-0.3, -0.25) is 9.59 Å². The number of pyridine rings is 1. The molecule has 216 valence electrons. The lowest BCUT2D eigenvalue weighted by atomic mass is 9.92. The number of nitrogens with one attached hydrogen (secondary N) is 2. The summed E-state index contributed by atoms with van der Waals surface area (Å²) >= 11 is 1.26. The average Bonchev–Trinajstić information content (AvgIpc) is 3.45. The number of carbonyl (C=O) groups excluding carboxylic acids is 2. The minimum absolute atomic E-state index is 0.0241. The van der Waals surface area contributed by atoms with Gasteiger partial charge < -0.3 is 29.7 Å². The molecule has 0 spiro atoms. The monoisotopic (exact) mass is 597 g/mol. The molecule has 2 bridgehead atoms. The number of carbonyl (C=O) groups is 2. The van der Waals surface area contributed by atoms with E-state index in [4.69, 9.17) is 4.74 Å². The van der Waals surface area contributed by atoms with Crippen LogP contribution in [0.15, 0.2) is 36.5 Å². The van der Waals surface area contributed by atoms with Gasteiger partial charge >= 0.3 is 12.5 Å². The van der Waals surface area contributed by atoms with Crippen LogP contribution in [0.4, 0.5) is 32.8 Å². The molecule has 0 saturated carbocycles. The van der Waals surface area contributed by atoms with Crippen LogP contribution < -0.4 is 25.0 Å². The van der Waals surface area contributed by atoms with Gasteiger partial charge in [-0.25, -0.2) is 9.97 Å². The van der Waals surface area contributed by atoms with Crippen LogP contribution in [0.2, 0.25) is 0 Å². The van der Waals surface area contributed by atoms with Crippen LogP contribution in [0.1, 0.15) is 33.7 Å². The summed E-state index contributed by atoms with van der Waals surface area (Å²) in [6.07, 6.45) is -6.89. The number of benzene rings is 1. The van der Waals surface area contributed by atoms with E-state index >= 15 is 0 Å². The SMILES string of the molecule is C=C(CCNC(=O)c1cc2c(cc1NC(=O)c1nccc3nc(N4C5COCC4C5)sc13)OC(F)(F)O2)C(F)(F)F. The fourth-order valence-corrected chi connectivity index (χ4v) is 5.99. The number of morpholine rings is 1. The van der Waals surface area contributed by atoms with E-state index in [1.54, 1.807) is 6.07 Å². The molecule has 3 aromatic rings. The highest BCUT2D eigenvalue weighted by Crippen LogP contribution is 2.44. The van der Waals surface area contributed by atoms with Crippen LogP contribution >= 0.6 is 11.3 Å². The lowest BCUT2D eigenvalue weighted by Crippen LogP contribution is -2.64. The molecule has 10 nitrogen and oxygen atoms in total. The molecule has 2 saturated heterocycles. The molecule has 3 aliphatic heterocycles. The summed E-state index contributed by atoms with van der Waals surface area (Å²) in [6.45, 7) is 3.64. The second-order valence-electron chi connectivity index (χ2n) is 9.57. The van der Waals surface area contributed by atoms with Gasteiger partial charge in [0.15, 0.2) is 16.6 Å². The maximum Gasteiger partial charge on any atom is 0.586 e. The highest BCUT2D eigenvalue weighted by molar-refractivity contribution is 7.22. The molecule has 6 rings (SSSR count). The highest BCUT2D eigenvalue weighted by Gasteiger charge is 2.45. The smallest absolute Gasteiger partial charge is 0.395 e. The van der Waals surface area contributed by atoms with E-state index in [1.165, 1.54) is 17.5 Å². The highest BCUT2D eigenvalue weighted by atomic mass is 32.1. The summed E-state index contributed by atoms with van der Waals surface area (Å²) < 4.78 is 80.5. The molecule has 2 atom stereocenters. The summed E-state index contributed by atoms with van der Waals surface area (Å²) in [5.74, 6) is -2.67. The van der Waals surface area contributed by atoms with Gasteiger partial charge in [-0.1, -0.05) is 17.9 Å². The molecule has 0 aliphatic carbocycles. The zero-order chi connectivity index (χ0) is 29.1. The van der Waals surface area contributed by atoms with Crippen molar-refractivity contribution in [2.45, 2.75) is 37.4 Å². The van der Waals surface area contributed by atoms with Crippen molar-refractivity contribution in [3.63, 3.8) is 0 Å². The van der Waals surface area contributed by atoms with Crippen molar-refractivity contribution in [1.82, 2.24) is 15.3 Å². The fraction of sp³-hybridized carbons (Fsp3) is 0.360. The van der Waals surface area contributed by atoms with E-state index in [2.05, 4.69) is 41.6 Å². The topological polar surface area (TPSA) is 115 Å². The number of halogens is 5. The van der Waals surface area contributed by atoms with Crippen LogP contribution in [0.5, 0.6) is 11.5 Å². The van der Waals surface area contributed by atoms with Gasteiger partial charge in [-0.15, -0.1) is 8.78 Å². The second-order valence-corrected chi connectivity index (χ2v) is 10.5. The van der Waals surface area contributed by atoms with Gasteiger partial charge in [-0.05, 0) is 25.0 Å². The number of alkyl halides is 5. The van der Waals surface area contributed by atoms with Crippen molar-refractivity contribution in [3.05, 3.63) is 47.8 Å². The summed E-state index contributed by atoms with van der Waals surface area (Å²) in [4.78, 5) is 37.2. The summed E-state index contributed by atoms with van der Waals surface area (Å²) in [5, 5.41) is 5.47. The van der Waals surface area contributed by atoms with E-state index < -0.39 is 54.3 Å². The second kappa shape index (κ2) is 9.80. The first-order chi connectivity index (χ1) is 19.4. The number of thiazole rings is 1. The minimum Gasteiger partial charge on any atom is -0.395 e. The first-order valence-electron chi connectivity index (χ1n) is 12.3. The lowest BCUT2D eigenvalue weighted by molar-refractivity contribution is -0.286. The number of nitrogens with zero attached hydrogens (tertiary/aromatic N) is 3. The predicted octanol–water partition coefficient (Wildman–Crippen LogP) is 4.48. The van der Waals surface area contributed by atoms with Gasteiger partial charge in [0.1, 0.15) is 5.69 Å². The molecular formula is C25H20F5N5O5S. The van der Waals surface area contributed by atoms with E-state index in [9.17, 15) is 31.5 Å². The van der Waals surface area contributed by atoms with Crippen molar-refractivity contribution >= 4 is 44.2 Å². The molecule has 1 aromatic carbocycles. The first-order valence-corrected chi connectivity index (χ1v) is 13.1. The molecular weight excluding hydrogens is 577 g/mol. The van der Waals surface area contributed by atoms with E-state index in [0.717, 1.165) is 18.6 Å². The third-order valence-corrected chi connectivity index (χ3v) is 7.92. The third kappa shape index (κ3) is 5.12. The fourth-order valence-electron chi connectivity index (χ4n) is 4.80. The largest absolute Gasteiger partial charge is 0.586 e. The number of aromatic nitrogens is 2. The van der Waals surface area contributed by atoms with Crippen molar-refractivity contribution in [3.8, 4) is 11.5 Å². The Morgan fingerprint density at radius 3 is 2.54 bits per heavy atom. The molecule has 2 amide bonds. The number of ether oxygens (including phenoxy) is 3. The number of rotatable bonds is 7. The Hall–Kier alpha value is -4.05. The molecule has 2 fully saturated rings. The Morgan fingerprint density at radius 2 is 1.85 bits per heavy atom. The van der Waals surface area contributed by atoms with Gasteiger partial charge in [0.05, 0.1) is 46.8 Å². The van der Waals surface area contributed by atoms with Crippen LogP contribution in [0, 0.1) is 0 Å². The molecule has 2 N–H and O–H groups in total. The summed E-state index contributed by atoms with van der Waals surface area (Å²) in [7, 11) is 0. The zero-order valence-electron chi connectivity index (χ0n) is 20.9. The number of hydrogen-bond acceptors (Lipinski definition) is 9. The van der Waals surface area contributed by atoms with E-state index in [0.29, 0.717) is 28.6 Å². The Bertz CT molecular complexity index is 1560. The summed E-state index contributed by atoms with van der Waals surface area (Å²) in [5.41, 5.74) is -1.16. The first kappa shape index (κ1) is 27.1. The van der Waals surface area contributed by atoms with Crippen LogP contribution in [0.3, 0.4) is 0 Å². The molecule has 5 heterocycles. The van der Waals surface area contributed by atoms with Crippen LogP contribution in [-0.2, 0) is 4.74 Å². The number of hydrogen-bond donors (Lipinski definition) is 2. The maximum atomic E-state index is 13.7. The van der Waals surface area contributed by atoms with Gasteiger partial charge in [-0.2, -0.15) is 13.2 Å². The molecule has 41 heavy (non-hydrogen) atoms. The van der Waals surface area contributed by atoms with Gasteiger partial charge in [0.2, 0.25) is 0 Å². The Kier molecular flexibility index (Phi) is 6.48. The summed E-state index contributed by atoms with van der Waals surface area (Å²) in [6, 6.07) is 3.91. The standard InChI is InChI=1S/C25H20F5N5O5S/c1-11(24(26,27)28)2-4-32-21(36)14-7-17-18(40-25(29,30)39-17)8-16(14)33-22(37)19-20-15(3-5-31-19)34-23(41-20)35-12-6-13(35)10-38-9-12/h3,5,7-8,12-13H,1-2,4,6,9-10H2,(H,32,36)(H,33,37). The normalized spacial score (nSPS) is 20.5. The Morgan fingerprint density at radius 1 is 1.15 bits per heavy atom. The van der Waals surface area contributed by atoms with Crippen molar-refractivity contribution in [2.24, 2.45) is 0 Å². The molecule has 0 radical (unpaired) electrons. The number of amides is 2. The number of fused-ring (bicyclic) bond motifs is 4. The van der Waals surface area contributed by atoms with Gasteiger partial charge in [0.25, 0.3) is 11.8 Å². The lowest BCUT2D eigenvalue weighted by Gasteiger charge is -2.52. The van der Waals surface area contributed by atoms with E-state index in [1.807, 2.05) is 0 Å². The van der Waals surface area contributed by atoms with Crippen LogP contribution in [0.25, 0.3) is 10.2 Å². The molecule has 2 unspecified atom stereocenters. The third-order valence-electron chi connectivity index (χ3n) is 6.83. The Balaban J connectivity index is 1.27. The van der Waals surface area contributed by atoms with Crippen molar-refractivity contribution < 1.29 is 45.8 Å². The van der Waals surface area contributed by atoms with Crippen LogP contribution in [-0.4, -0.2) is 66.1 Å². The van der Waals surface area contributed by atoms with Crippen molar-refractivity contribution in [2.75, 3.05) is 30.0 Å². The number of anilines is 2. The average molecular weight is 598 g/mol. The van der Waals surface area contributed by atoms with E-state index in [-0.39, 0.29) is 29.0 Å². The predicted molar refractivity (Wildman–Crippen MR) is 136 cm³/mol.